The molecule has 1 aliphatic carbocycles. The van der Waals surface area contributed by atoms with Crippen molar-refractivity contribution in [1.82, 2.24) is 4.90 Å². The van der Waals surface area contributed by atoms with Gasteiger partial charge in [-0.3, -0.25) is 9.59 Å². The number of nitrogens with zero attached hydrogens (tertiary/aromatic N) is 1. The van der Waals surface area contributed by atoms with E-state index in [0.29, 0.717) is 36.8 Å². The summed E-state index contributed by atoms with van der Waals surface area (Å²) in [5, 5.41) is 8.85. The molecule has 2 aliphatic rings. The number of carboxylic acids is 1. The third kappa shape index (κ3) is 4.49. The molecule has 5 heteroatoms. The Morgan fingerprint density at radius 1 is 1.17 bits per heavy atom. The summed E-state index contributed by atoms with van der Waals surface area (Å²) in [5.41, 5.74) is 0.622. The molecule has 24 heavy (non-hydrogen) atoms. The van der Waals surface area contributed by atoms with Gasteiger partial charge in [0, 0.05) is 19.5 Å². The highest BCUT2D eigenvalue weighted by molar-refractivity contribution is 5.97. The molecule has 1 atom stereocenters. The quantitative estimate of drug-likeness (QED) is 0.833. The monoisotopic (exact) mass is 331 g/mol. The highest BCUT2D eigenvalue weighted by Gasteiger charge is 2.27. The Bertz CT molecular complexity index is 597. The molecule has 130 valence electrons. The fourth-order valence-electron chi connectivity index (χ4n) is 3.24. The van der Waals surface area contributed by atoms with Gasteiger partial charge in [-0.25, -0.2) is 0 Å². The molecular formula is C19H25NO4. The Hall–Kier alpha value is -2.04. The minimum absolute atomic E-state index is 0.00132. The van der Waals surface area contributed by atoms with Crippen LogP contribution in [0.25, 0.3) is 0 Å². The summed E-state index contributed by atoms with van der Waals surface area (Å²) in [6.07, 6.45) is 5.17. The first-order valence-corrected chi connectivity index (χ1v) is 8.86. The molecule has 0 bridgehead atoms. The minimum Gasteiger partial charge on any atom is -0.492 e. The summed E-state index contributed by atoms with van der Waals surface area (Å²) in [4.78, 5) is 25.5. The molecule has 0 aromatic heterocycles. The SMILES string of the molecule is O=C(O)CC[C@H]1CCCN(C(=O)c2ccccc2OCC2CC2)C1. The van der Waals surface area contributed by atoms with Crippen molar-refractivity contribution < 1.29 is 19.4 Å². The molecule has 1 saturated heterocycles. The van der Waals surface area contributed by atoms with E-state index in [2.05, 4.69) is 0 Å². The first-order chi connectivity index (χ1) is 11.6. The topological polar surface area (TPSA) is 66.8 Å². The zero-order chi connectivity index (χ0) is 16.9. The number of ether oxygens (including phenoxy) is 1. The maximum Gasteiger partial charge on any atom is 0.303 e. The molecule has 0 unspecified atom stereocenters. The molecule has 1 saturated carbocycles. The van der Waals surface area contributed by atoms with Crippen LogP contribution in [0, 0.1) is 11.8 Å². The van der Waals surface area contributed by atoms with Gasteiger partial charge in [-0.1, -0.05) is 12.1 Å². The predicted octanol–water partition coefficient (Wildman–Crippen LogP) is 3.19. The van der Waals surface area contributed by atoms with Crippen LogP contribution in [0.1, 0.15) is 48.9 Å². The van der Waals surface area contributed by atoms with Gasteiger partial charge >= 0.3 is 5.97 Å². The molecule has 0 radical (unpaired) electrons. The van der Waals surface area contributed by atoms with Gasteiger partial charge in [0.15, 0.2) is 0 Å². The Morgan fingerprint density at radius 2 is 1.96 bits per heavy atom. The molecule has 0 spiro atoms. The van der Waals surface area contributed by atoms with Crippen molar-refractivity contribution in [2.45, 2.75) is 38.5 Å². The van der Waals surface area contributed by atoms with Crippen LogP contribution in [-0.2, 0) is 4.79 Å². The second kappa shape index (κ2) is 7.69. The summed E-state index contributed by atoms with van der Waals surface area (Å²) in [7, 11) is 0. The van der Waals surface area contributed by atoms with Gasteiger partial charge in [0.25, 0.3) is 5.91 Å². The summed E-state index contributed by atoms with van der Waals surface area (Å²) in [5.74, 6) is 0.822. The van der Waals surface area contributed by atoms with Gasteiger partial charge in [-0.2, -0.15) is 0 Å². The van der Waals surface area contributed by atoms with E-state index >= 15 is 0 Å². The molecule has 1 aliphatic heterocycles. The van der Waals surface area contributed by atoms with E-state index in [9.17, 15) is 9.59 Å². The summed E-state index contributed by atoms with van der Waals surface area (Å²) < 4.78 is 5.85. The van der Waals surface area contributed by atoms with Crippen LogP contribution in [0.3, 0.4) is 0 Å². The van der Waals surface area contributed by atoms with Crippen molar-refractivity contribution in [1.29, 1.82) is 0 Å². The first-order valence-electron chi connectivity index (χ1n) is 8.86. The summed E-state index contributed by atoms with van der Waals surface area (Å²) >= 11 is 0. The van der Waals surface area contributed by atoms with Crippen molar-refractivity contribution in [2.24, 2.45) is 11.8 Å². The van der Waals surface area contributed by atoms with E-state index in [1.54, 1.807) is 0 Å². The fourth-order valence-corrected chi connectivity index (χ4v) is 3.24. The standard InChI is InChI=1S/C19H25NO4/c21-18(22)10-9-14-4-3-11-20(12-14)19(23)16-5-1-2-6-17(16)24-13-15-7-8-15/h1-2,5-6,14-15H,3-4,7-13H2,(H,21,22)/t14-/m1/s1. The number of carboxylic acid groups (broad SMARTS) is 1. The summed E-state index contributed by atoms with van der Waals surface area (Å²) in [6.45, 7) is 2.06. The number of para-hydroxylation sites is 1. The first kappa shape index (κ1) is 16.8. The van der Waals surface area contributed by atoms with Crippen LogP contribution in [0.5, 0.6) is 5.75 Å². The normalized spacial score (nSPS) is 20.7. The van der Waals surface area contributed by atoms with Crippen LogP contribution in [0.4, 0.5) is 0 Å². The van der Waals surface area contributed by atoms with Gasteiger partial charge in [-0.05, 0) is 56.1 Å². The molecule has 5 nitrogen and oxygen atoms in total. The maximum atomic E-state index is 12.9. The second-order valence-electron chi connectivity index (χ2n) is 6.94. The van der Waals surface area contributed by atoms with Crippen LogP contribution >= 0.6 is 0 Å². The van der Waals surface area contributed by atoms with Gasteiger partial charge in [-0.15, -0.1) is 0 Å². The number of carbonyl (C=O) groups is 2. The Morgan fingerprint density at radius 3 is 2.71 bits per heavy atom. The molecule has 1 N–H and O–H groups in total. The molecule has 1 heterocycles. The van der Waals surface area contributed by atoms with Gasteiger partial charge in [0.1, 0.15) is 5.75 Å². The fraction of sp³-hybridized carbons (Fsp3) is 0.579. The average Bonchev–Trinajstić information content (AvgIpc) is 3.42. The highest BCUT2D eigenvalue weighted by Crippen LogP contribution is 2.31. The molecule has 1 amide bonds. The van der Waals surface area contributed by atoms with E-state index < -0.39 is 5.97 Å². The van der Waals surface area contributed by atoms with E-state index in [1.807, 2.05) is 29.2 Å². The van der Waals surface area contributed by atoms with E-state index in [4.69, 9.17) is 9.84 Å². The smallest absolute Gasteiger partial charge is 0.303 e. The van der Waals surface area contributed by atoms with Gasteiger partial charge < -0.3 is 14.7 Å². The van der Waals surface area contributed by atoms with Crippen LogP contribution < -0.4 is 4.74 Å². The number of carbonyl (C=O) groups excluding carboxylic acids is 1. The number of rotatable bonds is 7. The number of hydrogen-bond acceptors (Lipinski definition) is 3. The van der Waals surface area contributed by atoms with Crippen molar-refractivity contribution in [2.75, 3.05) is 19.7 Å². The molecule has 1 aromatic rings. The number of amides is 1. The number of aliphatic carboxylic acids is 1. The minimum atomic E-state index is -0.766. The number of piperidine rings is 1. The molecule has 2 fully saturated rings. The molecule has 1 aromatic carbocycles. The second-order valence-corrected chi connectivity index (χ2v) is 6.94. The van der Waals surface area contributed by atoms with E-state index in [0.717, 1.165) is 19.4 Å². The Kier molecular flexibility index (Phi) is 5.38. The van der Waals surface area contributed by atoms with Crippen LogP contribution in [0.2, 0.25) is 0 Å². The lowest BCUT2D eigenvalue weighted by atomic mass is 9.93. The van der Waals surface area contributed by atoms with Gasteiger partial charge in [0.05, 0.1) is 12.2 Å². The lowest BCUT2D eigenvalue weighted by Gasteiger charge is -2.33. The van der Waals surface area contributed by atoms with Gasteiger partial charge in [0.2, 0.25) is 0 Å². The van der Waals surface area contributed by atoms with E-state index in [1.165, 1.54) is 12.8 Å². The summed E-state index contributed by atoms with van der Waals surface area (Å²) in [6, 6.07) is 7.45. The predicted molar refractivity (Wildman–Crippen MR) is 90.2 cm³/mol. The maximum absolute atomic E-state index is 12.9. The average molecular weight is 331 g/mol. The van der Waals surface area contributed by atoms with Crippen LogP contribution in [-0.4, -0.2) is 41.6 Å². The number of hydrogen-bond donors (Lipinski definition) is 1. The lowest BCUT2D eigenvalue weighted by molar-refractivity contribution is -0.137. The zero-order valence-corrected chi connectivity index (χ0v) is 13.9. The van der Waals surface area contributed by atoms with Crippen LogP contribution in [0.15, 0.2) is 24.3 Å². The third-order valence-corrected chi connectivity index (χ3v) is 4.86. The molecule has 3 rings (SSSR count). The lowest BCUT2D eigenvalue weighted by Crippen LogP contribution is -2.40. The third-order valence-electron chi connectivity index (χ3n) is 4.86. The number of likely N-dealkylation sites (tertiary alicyclic amines) is 1. The Labute approximate surface area is 142 Å². The zero-order valence-electron chi connectivity index (χ0n) is 13.9. The van der Waals surface area contributed by atoms with Crippen molar-refractivity contribution in [3.8, 4) is 5.75 Å². The largest absolute Gasteiger partial charge is 0.492 e. The van der Waals surface area contributed by atoms with Crippen molar-refractivity contribution >= 4 is 11.9 Å². The highest BCUT2D eigenvalue weighted by atomic mass is 16.5. The van der Waals surface area contributed by atoms with Crippen molar-refractivity contribution in [3.05, 3.63) is 29.8 Å². The molecular weight excluding hydrogens is 306 g/mol. The number of benzene rings is 1. The van der Waals surface area contributed by atoms with Crippen molar-refractivity contribution in [3.63, 3.8) is 0 Å². The van der Waals surface area contributed by atoms with E-state index in [-0.39, 0.29) is 18.2 Å². The Balaban J connectivity index is 1.63.